The molecule has 1 aliphatic heterocycles. The van der Waals surface area contributed by atoms with E-state index in [-0.39, 0.29) is 0 Å². The molecule has 6 nitrogen and oxygen atoms in total. The van der Waals surface area contributed by atoms with Gasteiger partial charge in [-0.3, -0.25) is 9.69 Å². The summed E-state index contributed by atoms with van der Waals surface area (Å²) in [6.07, 6.45) is 2.14. The molecule has 0 atom stereocenters. The molecule has 6 heteroatoms. The number of nitrogens with zero attached hydrogens (tertiary/aromatic N) is 4. The number of aromatic nitrogens is 3. The maximum atomic E-state index is 11.4. The SMILES string of the molecule is CCC1(C(=O)O)CCN(Cc2nnc(C)n2C)CC1. The Morgan fingerprint density at radius 2 is 2.00 bits per heavy atom. The number of piperidine rings is 1. The topological polar surface area (TPSA) is 71.2 Å². The second-order valence-corrected chi connectivity index (χ2v) is 5.44. The highest BCUT2D eigenvalue weighted by Crippen LogP contribution is 2.35. The first kappa shape index (κ1) is 14.0. The lowest BCUT2D eigenvalue weighted by Crippen LogP contribution is -2.44. The van der Waals surface area contributed by atoms with Crippen LogP contribution in [0.3, 0.4) is 0 Å². The summed E-state index contributed by atoms with van der Waals surface area (Å²) in [6.45, 7) is 6.27. The Labute approximate surface area is 113 Å². The summed E-state index contributed by atoms with van der Waals surface area (Å²) in [4.78, 5) is 13.6. The van der Waals surface area contributed by atoms with Crippen LogP contribution >= 0.6 is 0 Å². The van der Waals surface area contributed by atoms with Crippen LogP contribution in [0.25, 0.3) is 0 Å². The highest BCUT2D eigenvalue weighted by atomic mass is 16.4. The van der Waals surface area contributed by atoms with Crippen molar-refractivity contribution in [1.29, 1.82) is 0 Å². The van der Waals surface area contributed by atoms with Gasteiger partial charge < -0.3 is 9.67 Å². The van der Waals surface area contributed by atoms with Crippen LogP contribution < -0.4 is 0 Å². The third-order valence-electron chi connectivity index (χ3n) is 4.49. The first-order valence-electron chi connectivity index (χ1n) is 6.79. The number of rotatable bonds is 4. The Balaban J connectivity index is 1.97. The van der Waals surface area contributed by atoms with Gasteiger partial charge in [0, 0.05) is 7.05 Å². The van der Waals surface area contributed by atoms with E-state index >= 15 is 0 Å². The number of carboxylic acids is 1. The van der Waals surface area contributed by atoms with Crippen LogP contribution in [0.15, 0.2) is 0 Å². The van der Waals surface area contributed by atoms with Gasteiger partial charge in [0.15, 0.2) is 0 Å². The van der Waals surface area contributed by atoms with Crippen molar-refractivity contribution in [3.63, 3.8) is 0 Å². The molecule has 1 saturated heterocycles. The van der Waals surface area contributed by atoms with E-state index in [1.807, 2.05) is 25.5 Å². The molecule has 1 fully saturated rings. The Morgan fingerprint density at radius 1 is 1.37 bits per heavy atom. The maximum absolute atomic E-state index is 11.4. The maximum Gasteiger partial charge on any atom is 0.309 e. The Hall–Kier alpha value is -1.43. The summed E-state index contributed by atoms with van der Waals surface area (Å²) in [5, 5.41) is 17.6. The minimum absolute atomic E-state index is 0.522. The fourth-order valence-corrected chi connectivity index (χ4v) is 2.65. The average molecular weight is 266 g/mol. The number of hydrogen-bond acceptors (Lipinski definition) is 4. The molecule has 0 bridgehead atoms. The highest BCUT2D eigenvalue weighted by molar-refractivity contribution is 5.74. The second-order valence-electron chi connectivity index (χ2n) is 5.44. The molecule has 1 N–H and O–H groups in total. The number of hydrogen-bond donors (Lipinski definition) is 1. The molecule has 0 unspecified atom stereocenters. The zero-order valence-electron chi connectivity index (χ0n) is 11.9. The van der Waals surface area contributed by atoms with Crippen LogP contribution in [0.2, 0.25) is 0 Å². The molecule has 106 valence electrons. The fourth-order valence-electron chi connectivity index (χ4n) is 2.65. The van der Waals surface area contributed by atoms with E-state index in [0.717, 1.165) is 44.1 Å². The molecule has 0 aliphatic carbocycles. The third kappa shape index (κ3) is 2.63. The van der Waals surface area contributed by atoms with Crippen molar-refractivity contribution in [2.75, 3.05) is 13.1 Å². The van der Waals surface area contributed by atoms with Crippen LogP contribution in [0.1, 0.15) is 37.8 Å². The minimum Gasteiger partial charge on any atom is -0.481 e. The number of carbonyl (C=O) groups is 1. The summed E-state index contributed by atoms with van der Waals surface area (Å²) in [7, 11) is 1.96. The van der Waals surface area contributed by atoms with Crippen molar-refractivity contribution < 1.29 is 9.90 Å². The summed E-state index contributed by atoms with van der Waals surface area (Å²) in [6, 6.07) is 0. The van der Waals surface area contributed by atoms with Gasteiger partial charge in [0.05, 0.1) is 12.0 Å². The van der Waals surface area contributed by atoms with E-state index in [0.29, 0.717) is 6.42 Å². The van der Waals surface area contributed by atoms with Crippen molar-refractivity contribution in [3.05, 3.63) is 11.6 Å². The van der Waals surface area contributed by atoms with E-state index in [4.69, 9.17) is 0 Å². The quantitative estimate of drug-likeness (QED) is 0.886. The molecule has 1 aromatic heterocycles. The average Bonchev–Trinajstić information content (AvgIpc) is 2.71. The Kier molecular flexibility index (Phi) is 3.89. The van der Waals surface area contributed by atoms with Crippen molar-refractivity contribution in [3.8, 4) is 0 Å². The van der Waals surface area contributed by atoms with Crippen LogP contribution in [0, 0.1) is 12.3 Å². The first-order chi connectivity index (χ1) is 8.98. The zero-order valence-corrected chi connectivity index (χ0v) is 11.9. The molecule has 0 amide bonds. The van der Waals surface area contributed by atoms with Crippen molar-refractivity contribution in [1.82, 2.24) is 19.7 Å². The van der Waals surface area contributed by atoms with Crippen LogP contribution in [0.4, 0.5) is 0 Å². The lowest BCUT2D eigenvalue weighted by molar-refractivity contribution is -0.152. The Bertz CT molecular complexity index is 461. The van der Waals surface area contributed by atoms with Gasteiger partial charge in [-0.1, -0.05) is 6.92 Å². The molecule has 0 radical (unpaired) electrons. The van der Waals surface area contributed by atoms with Crippen molar-refractivity contribution in [2.45, 2.75) is 39.7 Å². The lowest BCUT2D eigenvalue weighted by atomic mass is 9.76. The standard InChI is InChI=1S/C13H22N4O2/c1-4-13(12(18)19)5-7-17(8-6-13)9-11-15-14-10(2)16(11)3/h4-9H2,1-3H3,(H,18,19). The van der Waals surface area contributed by atoms with Crippen LogP contribution in [-0.4, -0.2) is 43.8 Å². The number of carboxylic acid groups (broad SMARTS) is 1. The van der Waals surface area contributed by atoms with Crippen molar-refractivity contribution >= 4 is 5.97 Å². The molecule has 1 aliphatic rings. The molecule has 2 rings (SSSR count). The van der Waals surface area contributed by atoms with E-state index in [2.05, 4.69) is 15.1 Å². The Morgan fingerprint density at radius 3 is 2.42 bits per heavy atom. The summed E-state index contributed by atoms with van der Waals surface area (Å²) >= 11 is 0. The van der Waals surface area contributed by atoms with Crippen LogP contribution in [0.5, 0.6) is 0 Å². The van der Waals surface area contributed by atoms with Gasteiger partial charge >= 0.3 is 5.97 Å². The molecule has 0 spiro atoms. The first-order valence-corrected chi connectivity index (χ1v) is 6.79. The smallest absolute Gasteiger partial charge is 0.309 e. The second kappa shape index (κ2) is 5.28. The lowest BCUT2D eigenvalue weighted by Gasteiger charge is -2.38. The van der Waals surface area contributed by atoms with E-state index < -0.39 is 11.4 Å². The number of aryl methyl sites for hydroxylation is 1. The molecule has 2 heterocycles. The van der Waals surface area contributed by atoms with Gasteiger partial charge in [-0.15, -0.1) is 10.2 Å². The predicted molar refractivity (Wildman–Crippen MR) is 70.6 cm³/mol. The van der Waals surface area contributed by atoms with E-state index in [1.165, 1.54) is 0 Å². The van der Waals surface area contributed by atoms with Crippen LogP contribution in [-0.2, 0) is 18.4 Å². The predicted octanol–water partition coefficient (Wildman–Crippen LogP) is 1.20. The van der Waals surface area contributed by atoms with E-state index in [9.17, 15) is 9.90 Å². The normalized spacial score (nSPS) is 19.5. The summed E-state index contributed by atoms with van der Waals surface area (Å²) in [5.41, 5.74) is -0.522. The summed E-state index contributed by atoms with van der Waals surface area (Å²) < 4.78 is 1.98. The molecule has 0 saturated carbocycles. The van der Waals surface area contributed by atoms with Gasteiger partial charge in [0.1, 0.15) is 11.6 Å². The monoisotopic (exact) mass is 266 g/mol. The largest absolute Gasteiger partial charge is 0.481 e. The minimum atomic E-state index is -0.649. The van der Waals surface area contributed by atoms with Gasteiger partial charge in [-0.25, -0.2) is 0 Å². The molecular weight excluding hydrogens is 244 g/mol. The fraction of sp³-hybridized carbons (Fsp3) is 0.769. The molecule has 19 heavy (non-hydrogen) atoms. The molecule has 1 aromatic rings. The zero-order chi connectivity index (χ0) is 14.0. The number of likely N-dealkylation sites (tertiary alicyclic amines) is 1. The van der Waals surface area contributed by atoms with Crippen molar-refractivity contribution in [2.24, 2.45) is 12.5 Å². The van der Waals surface area contributed by atoms with Gasteiger partial charge in [-0.05, 0) is 39.3 Å². The highest BCUT2D eigenvalue weighted by Gasteiger charge is 2.39. The summed E-state index contributed by atoms with van der Waals surface area (Å²) in [5.74, 6) is 1.20. The van der Waals surface area contributed by atoms with Gasteiger partial charge in [0.2, 0.25) is 0 Å². The third-order valence-corrected chi connectivity index (χ3v) is 4.49. The molecule has 0 aromatic carbocycles. The van der Waals surface area contributed by atoms with E-state index in [1.54, 1.807) is 0 Å². The van der Waals surface area contributed by atoms with Gasteiger partial charge in [0.25, 0.3) is 0 Å². The van der Waals surface area contributed by atoms with Gasteiger partial charge in [-0.2, -0.15) is 0 Å². The molecular formula is C13H22N4O2. The number of aliphatic carboxylic acids is 1.